The minimum Gasteiger partial charge on any atom is -0.483 e. The van der Waals surface area contributed by atoms with Crippen molar-refractivity contribution < 1.29 is 13.9 Å². The number of aryl methyl sites for hydroxylation is 1. The van der Waals surface area contributed by atoms with E-state index in [-0.39, 0.29) is 24.4 Å². The lowest BCUT2D eigenvalue weighted by Crippen LogP contribution is -2.34. The Morgan fingerprint density at radius 3 is 2.65 bits per heavy atom. The molecule has 2 aromatic carbocycles. The summed E-state index contributed by atoms with van der Waals surface area (Å²) in [5, 5.41) is 0. The lowest BCUT2D eigenvalue weighted by molar-refractivity contribution is -0.134. The van der Waals surface area contributed by atoms with Crippen LogP contribution < -0.4 is 4.74 Å². The summed E-state index contributed by atoms with van der Waals surface area (Å²) >= 11 is 0. The lowest BCUT2D eigenvalue weighted by Gasteiger charge is -2.25. The average molecular weight is 355 g/mol. The molecule has 3 rings (SSSR count). The Morgan fingerprint density at radius 2 is 1.96 bits per heavy atom. The Kier molecular flexibility index (Phi) is 5.60. The molecule has 0 radical (unpaired) electrons. The standard InChI is InChI=1S/C22H26FNO2/c1-15(2)19-11-6-16(3)13-21(19)26-14-22(25)24-12-4-5-20(24)17-7-9-18(23)10-8-17/h6-11,13,15,20H,4-5,12,14H2,1-3H3. The van der Waals surface area contributed by atoms with Gasteiger partial charge in [-0.05, 0) is 60.6 Å². The molecule has 1 atom stereocenters. The first-order valence-electron chi connectivity index (χ1n) is 9.24. The normalized spacial score (nSPS) is 17.0. The molecule has 26 heavy (non-hydrogen) atoms. The number of ether oxygens (including phenoxy) is 1. The van der Waals surface area contributed by atoms with E-state index in [1.54, 1.807) is 12.1 Å². The highest BCUT2D eigenvalue weighted by Crippen LogP contribution is 2.32. The fourth-order valence-corrected chi connectivity index (χ4v) is 3.56. The van der Waals surface area contributed by atoms with Crippen molar-refractivity contribution in [1.82, 2.24) is 4.90 Å². The van der Waals surface area contributed by atoms with Crippen LogP contribution in [0.1, 0.15) is 55.3 Å². The smallest absolute Gasteiger partial charge is 0.261 e. The van der Waals surface area contributed by atoms with Crippen molar-refractivity contribution in [3.05, 3.63) is 65.0 Å². The molecule has 0 spiro atoms. The van der Waals surface area contributed by atoms with Crippen molar-refractivity contribution in [2.24, 2.45) is 0 Å². The number of hydrogen-bond donors (Lipinski definition) is 0. The molecule has 1 fully saturated rings. The van der Waals surface area contributed by atoms with Crippen LogP contribution in [-0.2, 0) is 4.79 Å². The molecule has 1 amide bonds. The first kappa shape index (κ1) is 18.4. The summed E-state index contributed by atoms with van der Waals surface area (Å²) in [5.74, 6) is 0.840. The molecule has 0 bridgehead atoms. The van der Waals surface area contributed by atoms with Gasteiger partial charge in [-0.2, -0.15) is 0 Å². The zero-order valence-corrected chi connectivity index (χ0v) is 15.7. The summed E-state index contributed by atoms with van der Waals surface area (Å²) in [4.78, 5) is 14.6. The van der Waals surface area contributed by atoms with Gasteiger partial charge in [0.15, 0.2) is 6.61 Å². The van der Waals surface area contributed by atoms with Crippen LogP contribution in [0.4, 0.5) is 4.39 Å². The maximum absolute atomic E-state index is 13.2. The summed E-state index contributed by atoms with van der Waals surface area (Å²) < 4.78 is 19.1. The van der Waals surface area contributed by atoms with Crippen LogP contribution in [0, 0.1) is 12.7 Å². The van der Waals surface area contributed by atoms with Gasteiger partial charge in [-0.1, -0.05) is 38.1 Å². The number of hydrogen-bond acceptors (Lipinski definition) is 2. The second kappa shape index (κ2) is 7.90. The molecule has 0 saturated carbocycles. The SMILES string of the molecule is Cc1ccc(C(C)C)c(OCC(=O)N2CCCC2c2ccc(F)cc2)c1. The highest BCUT2D eigenvalue weighted by molar-refractivity contribution is 5.78. The van der Waals surface area contributed by atoms with Gasteiger partial charge >= 0.3 is 0 Å². The molecular formula is C22H26FNO2. The van der Waals surface area contributed by atoms with Gasteiger partial charge in [0.05, 0.1) is 6.04 Å². The van der Waals surface area contributed by atoms with Gasteiger partial charge in [0.25, 0.3) is 5.91 Å². The van der Waals surface area contributed by atoms with Crippen molar-refractivity contribution in [3.63, 3.8) is 0 Å². The molecule has 1 heterocycles. The van der Waals surface area contributed by atoms with Crippen LogP contribution in [0.5, 0.6) is 5.75 Å². The number of rotatable bonds is 5. The minimum absolute atomic E-state index is 0.00813. The van der Waals surface area contributed by atoms with Crippen LogP contribution >= 0.6 is 0 Å². The maximum atomic E-state index is 13.2. The number of halogens is 1. The van der Waals surface area contributed by atoms with Crippen molar-refractivity contribution in [2.75, 3.05) is 13.2 Å². The maximum Gasteiger partial charge on any atom is 0.261 e. The van der Waals surface area contributed by atoms with Crippen molar-refractivity contribution in [2.45, 2.75) is 45.6 Å². The monoisotopic (exact) mass is 355 g/mol. The second-order valence-corrected chi connectivity index (χ2v) is 7.28. The van der Waals surface area contributed by atoms with Gasteiger partial charge in [0.1, 0.15) is 11.6 Å². The summed E-state index contributed by atoms with van der Waals surface area (Å²) in [6.07, 6.45) is 1.86. The zero-order valence-electron chi connectivity index (χ0n) is 15.7. The third kappa shape index (κ3) is 4.06. The molecule has 1 unspecified atom stereocenters. The van der Waals surface area contributed by atoms with Crippen LogP contribution in [0.15, 0.2) is 42.5 Å². The Morgan fingerprint density at radius 1 is 1.23 bits per heavy atom. The fraction of sp³-hybridized carbons (Fsp3) is 0.409. The number of nitrogens with zero attached hydrogens (tertiary/aromatic N) is 1. The van der Waals surface area contributed by atoms with Gasteiger partial charge in [-0.15, -0.1) is 0 Å². The van der Waals surface area contributed by atoms with Gasteiger partial charge in [0, 0.05) is 6.54 Å². The van der Waals surface area contributed by atoms with Crippen molar-refractivity contribution >= 4 is 5.91 Å². The van der Waals surface area contributed by atoms with Crippen LogP contribution in [0.3, 0.4) is 0 Å². The van der Waals surface area contributed by atoms with E-state index in [1.807, 2.05) is 17.9 Å². The van der Waals surface area contributed by atoms with E-state index < -0.39 is 0 Å². The Bertz CT molecular complexity index is 770. The topological polar surface area (TPSA) is 29.5 Å². The largest absolute Gasteiger partial charge is 0.483 e. The molecule has 138 valence electrons. The number of carbonyl (C=O) groups excluding carboxylic acids is 1. The van der Waals surface area contributed by atoms with Crippen molar-refractivity contribution in [3.8, 4) is 5.75 Å². The summed E-state index contributed by atoms with van der Waals surface area (Å²) in [7, 11) is 0. The summed E-state index contributed by atoms with van der Waals surface area (Å²) in [6, 6.07) is 12.6. The molecule has 3 nitrogen and oxygen atoms in total. The van der Waals surface area contributed by atoms with E-state index in [1.165, 1.54) is 12.1 Å². The molecule has 1 saturated heterocycles. The van der Waals surface area contributed by atoms with Crippen LogP contribution in [-0.4, -0.2) is 24.0 Å². The predicted octanol–water partition coefficient (Wildman–Crippen LogP) is 5.00. The van der Waals surface area contributed by atoms with Gasteiger partial charge in [0.2, 0.25) is 0 Å². The van der Waals surface area contributed by atoms with Gasteiger partial charge in [-0.3, -0.25) is 4.79 Å². The van der Waals surface area contributed by atoms with E-state index >= 15 is 0 Å². The molecule has 1 aliphatic rings. The number of likely N-dealkylation sites (tertiary alicyclic amines) is 1. The second-order valence-electron chi connectivity index (χ2n) is 7.28. The van der Waals surface area contributed by atoms with E-state index in [2.05, 4.69) is 26.0 Å². The Balaban J connectivity index is 1.70. The Labute approximate surface area is 154 Å². The zero-order chi connectivity index (χ0) is 18.7. The fourth-order valence-electron chi connectivity index (χ4n) is 3.56. The molecular weight excluding hydrogens is 329 g/mol. The van der Waals surface area contributed by atoms with E-state index in [0.717, 1.165) is 41.8 Å². The molecule has 4 heteroatoms. The quantitative estimate of drug-likeness (QED) is 0.755. The third-order valence-corrected chi connectivity index (χ3v) is 4.97. The van der Waals surface area contributed by atoms with Gasteiger partial charge in [-0.25, -0.2) is 4.39 Å². The average Bonchev–Trinajstić information content (AvgIpc) is 3.10. The highest BCUT2D eigenvalue weighted by Gasteiger charge is 2.30. The van der Waals surface area contributed by atoms with Crippen LogP contribution in [0.2, 0.25) is 0 Å². The third-order valence-electron chi connectivity index (χ3n) is 4.97. The van der Waals surface area contributed by atoms with Gasteiger partial charge < -0.3 is 9.64 Å². The summed E-state index contributed by atoms with van der Waals surface area (Å²) in [6.45, 7) is 6.99. The Hall–Kier alpha value is -2.36. The summed E-state index contributed by atoms with van der Waals surface area (Å²) in [5.41, 5.74) is 3.21. The van der Waals surface area contributed by atoms with E-state index in [9.17, 15) is 9.18 Å². The van der Waals surface area contributed by atoms with E-state index in [0.29, 0.717) is 5.92 Å². The molecule has 0 aliphatic carbocycles. The van der Waals surface area contributed by atoms with Crippen LogP contribution in [0.25, 0.3) is 0 Å². The predicted molar refractivity (Wildman–Crippen MR) is 101 cm³/mol. The first-order valence-corrected chi connectivity index (χ1v) is 9.24. The number of carbonyl (C=O) groups is 1. The first-order chi connectivity index (χ1) is 12.5. The molecule has 1 aliphatic heterocycles. The minimum atomic E-state index is -0.256. The lowest BCUT2D eigenvalue weighted by atomic mass is 10.0. The highest BCUT2D eigenvalue weighted by atomic mass is 19.1. The molecule has 0 N–H and O–H groups in total. The van der Waals surface area contributed by atoms with E-state index in [4.69, 9.17) is 4.74 Å². The number of amides is 1. The number of benzene rings is 2. The molecule has 2 aromatic rings. The van der Waals surface area contributed by atoms with Crippen molar-refractivity contribution in [1.29, 1.82) is 0 Å². The molecule has 0 aromatic heterocycles.